The number of hydrogen-bond donors (Lipinski definition) is 1. The minimum absolute atomic E-state index is 0.206. The lowest BCUT2D eigenvalue weighted by atomic mass is 10.00. The number of nitrogens with two attached hydrogens (primary N) is 1. The van der Waals surface area contributed by atoms with Gasteiger partial charge in [0, 0.05) is 6.42 Å². The van der Waals surface area contributed by atoms with Gasteiger partial charge in [-0.25, -0.2) is 0 Å². The second-order valence-corrected chi connectivity index (χ2v) is 4.25. The predicted molar refractivity (Wildman–Crippen MR) is 53.2 cm³/mol. The topological polar surface area (TPSA) is 61.5 Å². The number of methoxy groups -OCH3 is 1. The summed E-state index contributed by atoms with van der Waals surface area (Å²) < 4.78 is 45.3. The Morgan fingerprint density at radius 1 is 1.53 bits per heavy atom. The van der Waals surface area contributed by atoms with Crippen molar-refractivity contribution >= 4 is 5.97 Å². The summed E-state index contributed by atoms with van der Waals surface area (Å²) in [5, 5.41) is 0. The number of carbonyl (C=O) groups excluding carboxylic acids is 1. The van der Waals surface area contributed by atoms with Crippen molar-refractivity contribution < 1.29 is 27.4 Å². The van der Waals surface area contributed by atoms with Gasteiger partial charge in [0.15, 0.2) is 0 Å². The van der Waals surface area contributed by atoms with Crippen LogP contribution >= 0.6 is 0 Å². The van der Waals surface area contributed by atoms with E-state index < -0.39 is 36.8 Å². The molecule has 2 atom stereocenters. The smallest absolute Gasteiger partial charge is 0.391 e. The molecular formula is C10H16F3NO3. The van der Waals surface area contributed by atoms with Crippen molar-refractivity contribution in [3.05, 3.63) is 0 Å². The first-order valence-corrected chi connectivity index (χ1v) is 5.32. The Balaban J connectivity index is 2.33. The molecule has 0 spiro atoms. The fourth-order valence-corrected chi connectivity index (χ4v) is 1.90. The van der Waals surface area contributed by atoms with Gasteiger partial charge in [0.05, 0.1) is 26.2 Å². The van der Waals surface area contributed by atoms with E-state index in [1.54, 1.807) is 0 Å². The Kier molecular flexibility index (Phi) is 4.37. The van der Waals surface area contributed by atoms with E-state index in [0.717, 1.165) is 0 Å². The average molecular weight is 255 g/mol. The minimum Gasteiger partial charge on any atom is -0.468 e. The number of carbonyl (C=O) groups is 1. The highest BCUT2D eigenvalue weighted by atomic mass is 19.4. The van der Waals surface area contributed by atoms with E-state index in [-0.39, 0.29) is 6.42 Å². The van der Waals surface area contributed by atoms with Crippen LogP contribution in [0.5, 0.6) is 0 Å². The summed E-state index contributed by atoms with van der Waals surface area (Å²) in [4.78, 5) is 11.3. The lowest BCUT2D eigenvalue weighted by Gasteiger charge is -2.20. The summed E-state index contributed by atoms with van der Waals surface area (Å²) in [5.74, 6) is -0.542. The normalized spacial score (nSPS) is 29.4. The van der Waals surface area contributed by atoms with Gasteiger partial charge in [-0.3, -0.25) is 4.79 Å². The molecule has 0 aromatic carbocycles. The molecule has 0 radical (unpaired) electrons. The lowest BCUT2D eigenvalue weighted by molar-refractivity contribution is -0.151. The molecule has 1 aliphatic rings. The maximum absolute atomic E-state index is 11.9. The van der Waals surface area contributed by atoms with Gasteiger partial charge in [-0.05, 0) is 12.8 Å². The van der Waals surface area contributed by atoms with Crippen molar-refractivity contribution in [1.29, 1.82) is 0 Å². The second-order valence-electron chi connectivity index (χ2n) is 4.25. The number of esters is 1. The summed E-state index contributed by atoms with van der Waals surface area (Å²) in [7, 11) is 1.23. The molecule has 0 bridgehead atoms. The molecule has 2 unspecified atom stereocenters. The first kappa shape index (κ1) is 14.2. The lowest BCUT2D eigenvalue weighted by Crippen LogP contribution is -2.46. The quantitative estimate of drug-likeness (QED) is 0.771. The SMILES string of the molecule is COC(=O)C1(N)CCC(OCCC(F)(F)F)C1. The molecule has 7 heteroatoms. The molecule has 100 valence electrons. The molecule has 1 fully saturated rings. The van der Waals surface area contributed by atoms with Gasteiger partial charge in [0.2, 0.25) is 0 Å². The summed E-state index contributed by atoms with van der Waals surface area (Å²) in [6.07, 6.45) is -4.56. The zero-order valence-corrected chi connectivity index (χ0v) is 9.55. The van der Waals surface area contributed by atoms with Gasteiger partial charge < -0.3 is 15.2 Å². The highest BCUT2D eigenvalue weighted by molar-refractivity contribution is 5.80. The Labute approximate surface area is 97.2 Å². The predicted octanol–water partition coefficient (Wildman–Crippen LogP) is 1.38. The molecule has 17 heavy (non-hydrogen) atoms. The summed E-state index contributed by atoms with van der Waals surface area (Å²) in [6, 6.07) is 0. The molecule has 0 saturated heterocycles. The molecule has 0 aromatic heterocycles. The summed E-state index contributed by atoms with van der Waals surface area (Å²) in [6.45, 7) is -0.397. The van der Waals surface area contributed by atoms with Gasteiger partial charge in [0.1, 0.15) is 5.54 Å². The van der Waals surface area contributed by atoms with Crippen LogP contribution in [0, 0.1) is 0 Å². The zero-order chi connectivity index (χ0) is 13.1. The molecule has 2 N–H and O–H groups in total. The van der Waals surface area contributed by atoms with E-state index in [1.807, 2.05) is 0 Å². The van der Waals surface area contributed by atoms with E-state index in [2.05, 4.69) is 4.74 Å². The molecule has 0 aliphatic heterocycles. The van der Waals surface area contributed by atoms with Crippen LogP contribution in [0.25, 0.3) is 0 Å². The van der Waals surface area contributed by atoms with E-state index in [4.69, 9.17) is 10.5 Å². The van der Waals surface area contributed by atoms with E-state index in [0.29, 0.717) is 12.8 Å². The second kappa shape index (κ2) is 5.22. The van der Waals surface area contributed by atoms with Crippen molar-refractivity contribution in [1.82, 2.24) is 0 Å². The zero-order valence-electron chi connectivity index (χ0n) is 9.55. The van der Waals surface area contributed by atoms with Crippen molar-refractivity contribution in [3.8, 4) is 0 Å². The van der Waals surface area contributed by atoms with Crippen LogP contribution in [-0.4, -0.2) is 37.5 Å². The van der Waals surface area contributed by atoms with Crippen LogP contribution < -0.4 is 5.73 Å². The Morgan fingerprint density at radius 3 is 2.71 bits per heavy atom. The summed E-state index contributed by atoms with van der Waals surface area (Å²) in [5.41, 5.74) is 4.67. The van der Waals surface area contributed by atoms with Crippen LogP contribution in [0.3, 0.4) is 0 Å². The number of rotatable bonds is 4. The fraction of sp³-hybridized carbons (Fsp3) is 0.900. The Bertz CT molecular complexity index is 282. The van der Waals surface area contributed by atoms with Crippen LogP contribution in [-0.2, 0) is 14.3 Å². The van der Waals surface area contributed by atoms with E-state index in [1.165, 1.54) is 7.11 Å². The van der Waals surface area contributed by atoms with Crippen molar-refractivity contribution in [2.75, 3.05) is 13.7 Å². The van der Waals surface area contributed by atoms with Crippen molar-refractivity contribution in [3.63, 3.8) is 0 Å². The van der Waals surface area contributed by atoms with Gasteiger partial charge in [-0.1, -0.05) is 0 Å². The molecule has 0 heterocycles. The highest BCUT2D eigenvalue weighted by Gasteiger charge is 2.43. The minimum atomic E-state index is -4.22. The van der Waals surface area contributed by atoms with Crippen molar-refractivity contribution in [2.24, 2.45) is 5.73 Å². The van der Waals surface area contributed by atoms with Gasteiger partial charge in [-0.15, -0.1) is 0 Å². The van der Waals surface area contributed by atoms with Gasteiger partial charge >= 0.3 is 12.1 Å². The number of ether oxygens (including phenoxy) is 2. The first-order chi connectivity index (χ1) is 7.77. The third-order valence-electron chi connectivity index (χ3n) is 2.84. The molecule has 0 aromatic rings. The number of halogens is 3. The third kappa shape index (κ3) is 4.16. The maximum atomic E-state index is 11.9. The third-order valence-corrected chi connectivity index (χ3v) is 2.84. The summed E-state index contributed by atoms with van der Waals surface area (Å²) >= 11 is 0. The van der Waals surface area contributed by atoms with Crippen molar-refractivity contribution in [2.45, 2.75) is 43.5 Å². The Morgan fingerprint density at radius 2 is 2.18 bits per heavy atom. The molecule has 1 aliphatic carbocycles. The van der Waals surface area contributed by atoms with E-state index >= 15 is 0 Å². The maximum Gasteiger partial charge on any atom is 0.391 e. The van der Waals surface area contributed by atoms with Crippen LogP contribution in [0.4, 0.5) is 13.2 Å². The first-order valence-electron chi connectivity index (χ1n) is 5.32. The van der Waals surface area contributed by atoms with Crippen LogP contribution in [0.1, 0.15) is 25.7 Å². The average Bonchev–Trinajstić information content (AvgIpc) is 2.59. The van der Waals surface area contributed by atoms with Crippen LogP contribution in [0.15, 0.2) is 0 Å². The molecule has 0 amide bonds. The number of hydrogen-bond acceptors (Lipinski definition) is 4. The van der Waals surface area contributed by atoms with Gasteiger partial charge in [-0.2, -0.15) is 13.2 Å². The molecule has 1 saturated carbocycles. The number of alkyl halides is 3. The fourth-order valence-electron chi connectivity index (χ4n) is 1.90. The largest absolute Gasteiger partial charge is 0.468 e. The Hall–Kier alpha value is -0.820. The van der Waals surface area contributed by atoms with E-state index in [9.17, 15) is 18.0 Å². The monoisotopic (exact) mass is 255 g/mol. The molecule has 1 rings (SSSR count). The van der Waals surface area contributed by atoms with Gasteiger partial charge in [0.25, 0.3) is 0 Å². The highest BCUT2D eigenvalue weighted by Crippen LogP contribution is 2.31. The standard InChI is InChI=1S/C10H16F3NO3/c1-16-8(15)9(14)3-2-7(6-9)17-5-4-10(11,12)13/h7H,2-6,14H2,1H3. The molecule has 4 nitrogen and oxygen atoms in total. The van der Waals surface area contributed by atoms with Crippen LogP contribution in [0.2, 0.25) is 0 Å². The molecular weight excluding hydrogens is 239 g/mol.